The zero-order valence-corrected chi connectivity index (χ0v) is 9.51. The Morgan fingerprint density at radius 1 is 1.14 bits per heavy atom. The molecule has 0 saturated heterocycles. The van der Waals surface area contributed by atoms with Gasteiger partial charge in [-0.2, -0.15) is 0 Å². The van der Waals surface area contributed by atoms with Gasteiger partial charge in [0.2, 0.25) is 0 Å². The van der Waals surface area contributed by atoms with Crippen LogP contribution in [0.5, 0.6) is 0 Å². The van der Waals surface area contributed by atoms with Crippen molar-refractivity contribution >= 4 is 39.0 Å². The van der Waals surface area contributed by atoms with Crippen LogP contribution in [0.4, 0.5) is 0 Å². The molecule has 7 heavy (non-hydrogen) atoms. The Hall–Kier alpha value is 2.04. The molecule has 0 unspecified atom stereocenters. The molecule has 2 nitrogen and oxygen atoms in total. The summed E-state index contributed by atoms with van der Waals surface area (Å²) < 4.78 is 0. The minimum absolute atomic E-state index is 0.597. The molecule has 0 aromatic heterocycles. The second-order valence-electron chi connectivity index (χ2n) is 0.623. The molecular formula is C2H8I2N2Pd. The first-order chi connectivity index (χ1) is 3.33. The summed E-state index contributed by atoms with van der Waals surface area (Å²) in [5, 5.41) is 0. The van der Waals surface area contributed by atoms with Crippen molar-refractivity contribution in [1.82, 2.24) is 0 Å². The van der Waals surface area contributed by atoms with Crippen molar-refractivity contribution in [3.63, 3.8) is 0 Å². The normalized spacial score (nSPS) is 7.43. The van der Waals surface area contributed by atoms with Crippen molar-refractivity contribution in [3.8, 4) is 0 Å². The zero-order chi connectivity index (χ0) is 6.12. The molecule has 0 aliphatic rings. The number of halogens is 2. The summed E-state index contributed by atoms with van der Waals surface area (Å²) in [6.45, 7) is 1.19. The molecule has 50 valence electrons. The van der Waals surface area contributed by atoms with E-state index >= 15 is 0 Å². The summed E-state index contributed by atoms with van der Waals surface area (Å²) in [6, 6.07) is 0. The third-order valence-electron chi connectivity index (χ3n) is 0.167. The predicted molar refractivity (Wildman–Crippen MR) is 46.1 cm³/mol. The van der Waals surface area contributed by atoms with E-state index in [4.69, 9.17) is 11.5 Å². The van der Waals surface area contributed by atoms with Gasteiger partial charge in [0.25, 0.3) is 0 Å². The van der Waals surface area contributed by atoms with Crippen LogP contribution in [-0.2, 0) is 10.8 Å². The third-order valence-corrected chi connectivity index (χ3v) is 0.167. The quantitative estimate of drug-likeness (QED) is 0.484. The Balaban J connectivity index is 0. The molecule has 0 atom stereocenters. The molecule has 0 aromatic carbocycles. The van der Waals surface area contributed by atoms with Gasteiger partial charge in [-0.25, -0.2) is 0 Å². The Morgan fingerprint density at radius 3 is 1.29 bits per heavy atom. The first-order valence-corrected chi connectivity index (χ1v) is 10.8. The number of hydrogen-bond acceptors (Lipinski definition) is 2. The van der Waals surface area contributed by atoms with E-state index in [1.54, 1.807) is 0 Å². The minimum atomic E-state index is 0.597. The van der Waals surface area contributed by atoms with Crippen LogP contribution < -0.4 is 11.5 Å². The second kappa shape index (κ2) is 15.7. The van der Waals surface area contributed by atoms with E-state index in [2.05, 4.69) is 39.0 Å². The van der Waals surface area contributed by atoms with Crippen LogP contribution >= 0.6 is 39.0 Å². The molecule has 0 fully saturated rings. The van der Waals surface area contributed by atoms with E-state index in [-0.39, 0.29) is 0 Å². The molecule has 0 radical (unpaired) electrons. The molecule has 0 heterocycles. The average Bonchev–Trinajstić information content (AvgIpc) is 1.69. The van der Waals surface area contributed by atoms with Crippen LogP contribution in [0.2, 0.25) is 0 Å². The molecule has 4 N–H and O–H groups in total. The molecular weight excluding hydrogens is 412 g/mol. The van der Waals surface area contributed by atoms with Gasteiger partial charge >= 0.3 is 49.8 Å². The molecule has 0 rings (SSSR count). The predicted octanol–water partition coefficient (Wildman–Crippen LogP) is 0.673. The molecule has 0 amide bonds. The molecule has 5 heteroatoms. The Bertz CT molecular complexity index is 21.2. The van der Waals surface area contributed by atoms with Crippen LogP contribution in [0.3, 0.4) is 0 Å². The van der Waals surface area contributed by atoms with Gasteiger partial charge in [-0.1, -0.05) is 0 Å². The first kappa shape index (κ1) is 11.8. The van der Waals surface area contributed by atoms with E-state index in [1.165, 1.54) is 0 Å². The van der Waals surface area contributed by atoms with Gasteiger partial charge < -0.3 is 11.5 Å². The Morgan fingerprint density at radius 2 is 1.29 bits per heavy atom. The Kier molecular flexibility index (Phi) is 26.4. The third kappa shape index (κ3) is 31.7. The van der Waals surface area contributed by atoms with Crippen molar-refractivity contribution < 1.29 is 10.8 Å². The number of rotatable bonds is 1. The maximum absolute atomic E-state index is 4.90. The van der Waals surface area contributed by atoms with Gasteiger partial charge in [-0.05, 0) is 0 Å². The zero-order valence-electron chi connectivity index (χ0n) is 3.64. The van der Waals surface area contributed by atoms with E-state index in [1.807, 2.05) is 0 Å². The summed E-state index contributed by atoms with van der Waals surface area (Å²) in [6.07, 6.45) is 0. The Labute approximate surface area is 73.3 Å². The van der Waals surface area contributed by atoms with Crippen molar-refractivity contribution in [1.29, 1.82) is 0 Å². The van der Waals surface area contributed by atoms with E-state index in [0.29, 0.717) is 13.1 Å². The van der Waals surface area contributed by atoms with Gasteiger partial charge in [-0.15, -0.1) is 0 Å². The first-order valence-electron chi connectivity index (χ1n) is 1.56. The summed E-state index contributed by atoms with van der Waals surface area (Å²) in [7, 11) is 0.890. The molecule has 0 spiro atoms. The van der Waals surface area contributed by atoms with Gasteiger partial charge in [0.15, 0.2) is 0 Å². The molecule has 0 aromatic rings. The van der Waals surface area contributed by atoms with E-state index in [9.17, 15) is 0 Å². The van der Waals surface area contributed by atoms with Crippen LogP contribution in [0.1, 0.15) is 0 Å². The van der Waals surface area contributed by atoms with E-state index < -0.39 is 0 Å². The topological polar surface area (TPSA) is 52.0 Å². The SMILES string of the molecule is NCCN.[I][Pd][I]. The fourth-order valence-electron chi connectivity index (χ4n) is 0. The van der Waals surface area contributed by atoms with Crippen molar-refractivity contribution in [2.75, 3.05) is 13.1 Å². The van der Waals surface area contributed by atoms with Crippen LogP contribution in [0.25, 0.3) is 0 Å². The fourth-order valence-corrected chi connectivity index (χ4v) is 0. The monoisotopic (exact) mass is 420 g/mol. The van der Waals surface area contributed by atoms with Crippen LogP contribution in [0.15, 0.2) is 0 Å². The standard InChI is InChI=1S/C2H8N2.2HI.Pd/c3-1-2-4;;;/h1-4H2;2*1H;/q;;;+2/p-2. The van der Waals surface area contributed by atoms with Crippen molar-refractivity contribution in [3.05, 3.63) is 0 Å². The van der Waals surface area contributed by atoms with Gasteiger partial charge in [0, 0.05) is 13.1 Å². The van der Waals surface area contributed by atoms with Gasteiger partial charge in [0.1, 0.15) is 0 Å². The van der Waals surface area contributed by atoms with Crippen LogP contribution in [0, 0.1) is 0 Å². The number of hydrogen-bond donors (Lipinski definition) is 2. The summed E-state index contributed by atoms with van der Waals surface area (Å²) in [5.41, 5.74) is 9.81. The second-order valence-corrected chi connectivity index (χ2v) is 12.6. The van der Waals surface area contributed by atoms with Gasteiger partial charge in [0.05, 0.1) is 0 Å². The molecule has 0 bridgehead atoms. The van der Waals surface area contributed by atoms with Gasteiger partial charge in [-0.3, -0.25) is 0 Å². The summed E-state index contributed by atoms with van der Waals surface area (Å²) in [5.74, 6) is 0. The summed E-state index contributed by atoms with van der Waals surface area (Å²) >= 11 is 4.65. The summed E-state index contributed by atoms with van der Waals surface area (Å²) in [4.78, 5) is 0. The fraction of sp³-hybridized carbons (Fsp3) is 1.00. The van der Waals surface area contributed by atoms with E-state index in [0.717, 1.165) is 10.8 Å². The molecule has 0 saturated carbocycles. The molecule has 0 aliphatic carbocycles. The average molecular weight is 420 g/mol. The van der Waals surface area contributed by atoms with Crippen molar-refractivity contribution in [2.24, 2.45) is 11.5 Å². The van der Waals surface area contributed by atoms with Crippen molar-refractivity contribution in [2.45, 2.75) is 0 Å². The molecule has 0 aliphatic heterocycles. The van der Waals surface area contributed by atoms with Crippen LogP contribution in [-0.4, -0.2) is 13.1 Å². The number of nitrogens with two attached hydrogens (primary N) is 2. The maximum atomic E-state index is 4.90.